The van der Waals surface area contributed by atoms with Gasteiger partial charge >= 0.3 is 0 Å². The highest BCUT2D eigenvalue weighted by molar-refractivity contribution is 7.80. The second-order valence-electron chi connectivity index (χ2n) is 7.00. The van der Waals surface area contributed by atoms with Crippen LogP contribution in [0.5, 0.6) is 11.5 Å². The van der Waals surface area contributed by atoms with E-state index in [2.05, 4.69) is 5.32 Å². The standard InChI is InChI=1S/C23H21N3O4S/c1-25-22(28)19(21(27)24-23(25)31)13-15-14-26(20-6-4-3-5-18(15)20)11-12-30-17-9-7-16(29-2)8-10-17/h3-10,13-14H,11-12H2,1-2H3,(H,24,27,31)/b19-13-. The van der Waals surface area contributed by atoms with Crippen molar-refractivity contribution in [2.75, 3.05) is 20.8 Å². The molecule has 0 unspecified atom stereocenters. The number of thiocarbonyl (C=S) groups is 1. The SMILES string of the molecule is COc1ccc(OCCn2cc(/C=C3/C(=O)NC(=S)N(C)C3=O)c3ccccc32)cc1. The Balaban J connectivity index is 1.58. The fraction of sp³-hybridized carbons (Fsp3) is 0.174. The predicted molar refractivity (Wildman–Crippen MR) is 122 cm³/mol. The van der Waals surface area contributed by atoms with Gasteiger partial charge in [-0.15, -0.1) is 0 Å². The average molecular weight is 436 g/mol. The first-order valence-electron chi connectivity index (χ1n) is 9.67. The summed E-state index contributed by atoms with van der Waals surface area (Å²) in [4.78, 5) is 26.1. The second kappa shape index (κ2) is 8.61. The smallest absolute Gasteiger partial charge is 0.265 e. The number of aromatic nitrogens is 1. The molecule has 1 aliphatic heterocycles. The molecule has 4 rings (SSSR count). The Morgan fingerprint density at radius 3 is 2.52 bits per heavy atom. The molecule has 2 amide bonds. The maximum absolute atomic E-state index is 12.5. The highest BCUT2D eigenvalue weighted by Gasteiger charge is 2.31. The largest absolute Gasteiger partial charge is 0.497 e. The Hall–Kier alpha value is -3.65. The Morgan fingerprint density at radius 2 is 1.77 bits per heavy atom. The van der Waals surface area contributed by atoms with Crippen molar-refractivity contribution in [2.24, 2.45) is 0 Å². The molecule has 2 aromatic carbocycles. The van der Waals surface area contributed by atoms with Gasteiger partial charge in [0.05, 0.1) is 13.7 Å². The summed E-state index contributed by atoms with van der Waals surface area (Å²) in [7, 11) is 3.16. The lowest BCUT2D eigenvalue weighted by molar-refractivity contribution is -0.128. The molecular formula is C23H21N3O4S. The molecule has 1 aliphatic rings. The highest BCUT2D eigenvalue weighted by Crippen LogP contribution is 2.25. The molecule has 1 fully saturated rings. The van der Waals surface area contributed by atoms with Crippen LogP contribution in [0.4, 0.5) is 0 Å². The lowest BCUT2D eigenvalue weighted by atomic mass is 10.1. The van der Waals surface area contributed by atoms with Crippen LogP contribution in [-0.2, 0) is 16.1 Å². The van der Waals surface area contributed by atoms with E-state index in [-0.39, 0.29) is 10.7 Å². The van der Waals surface area contributed by atoms with E-state index < -0.39 is 11.8 Å². The quantitative estimate of drug-likeness (QED) is 0.366. The van der Waals surface area contributed by atoms with Crippen LogP contribution in [0.2, 0.25) is 0 Å². The van der Waals surface area contributed by atoms with Crippen LogP contribution >= 0.6 is 12.2 Å². The zero-order valence-corrected chi connectivity index (χ0v) is 17.9. The van der Waals surface area contributed by atoms with Gasteiger partial charge in [0.25, 0.3) is 11.8 Å². The van der Waals surface area contributed by atoms with Crippen molar-refractivity contribution in [3.8, 4) is 11.5 Å². The van der Waals surface area contributed by atoms with Crippen LogP contribution in [0.1, 0.15) is 5.56 Å². The first-order chi connectivity index (χ1) is 15.0. The van der Waals surface area contributed by atoms with E-state index in [9.17, 15) is 9.59 Å². The monoisotopic (exact) mass is 435 g/mol. The van der Waals surface area contributed by atoms with Crippen LogP contribution in [0.3, 0.4) is 0 Å². The zero-order valence-electron chi connectivity index (χ0n) is 17.1. The predicted octanol–water partition coefficient (Wildman–Crippen LogP) is 2.99. The summed E-state index contributed by atoms with van der Waals surface area (Å²) < 4.78 is 13.0. The number of fused-ring (bicyclic) bond motifs is 1. The van der Waals surface area contributed by atoms with E-state index in [1.807, 2.05) is 59.3 Å². The molecular weight excluding hydrogens is 414 g/mol. The van der Waals surface area contributed by atoms with Crippen molar-refractivity contribution in [1.82, 2.24) is 14.8 Å². The van der Waals surface area contributed by atoms with Crippen molar-refractivity contribution >= 4 is 46.1 Å². The van der Waals surface area contributed by atoms with Crippen molar-refractivity contribution < 1.29 is 19.1 Å². The molecule has 8 heteroatoms. The van der Waals surface area contributed by atoms with E-state index in [1.54, 1.807) is 13.2 Å². The molecule has 0 saturated carbocycles. The second-order valence-corrected chi connectivity index (χ2v) is 7.39. The molecule has 3 aromatic rings. The van der Waals surface area contributed by atoms with E-state index in [0.29, 0.717) is 13.2 Å². The maximum atomic E-state index is 12.5. The maximum Gasteiger partial charge on any atom is 0.265 e. The van der Waals surface area contributed by atoms with Gasteiger partial charge < -0.3 is 14.0 Å². The number of nitrogens with zero attached hydrogens (tertiary/aromatic N) is 2. The van der Waals surface area contributed by atoms with Gasteiger partial charge in [0, 0.05) is 29.7 Å². The molecule has 7 nitrogen and oxygen atoms in total. The third-order valence-electron chi connectivity index (χ3n) is 5.08. The summed E-state index contributed by atoms with van der Waals surface area (Å²) in [5, 5.41) is 3.58. The number of carbonyl (C=O) groups is 2. The normalized spacial score (nSPS) is 15.5. The molecule has 0 aliphatic carbocycles. The number of ether oxygens (including phenoxy) is 2. The number of likely N-dealkylation sites (N-methyl/N-ethyl adjacent to an activating group) is 1. The number of hydrogen-bond donors (Lipinski definition) is 1. The van der Waals surface area contributed by atoms with Crippen molar-refractivity contribution in [3.63, 3.8) is 0 Å². The van der Waals surface area contributed by atoms with Crippen LogP contribution in [0, 0.1) is 0 Å². The van der Waals surface area contributed by atoms with E-state index in [4.69, 9.17) is 21.7 Å². The number of benzene rings is 2. The van der Waals surface area contributed by atoms with Crippen molar-refractivity contribution in [3.05, 3.63) is 65.9 Å². The van der Waals surface area contributed by atoms with E-state index >= 15 is 0 Å². The summed E-state index contributed by atoms with van der Waals surface area (Å²) in [5.41, 5.74) is 1.81. The Morgan fingerprint density at radius 1 is 1.06 bits per heavy atom. The summed E-state index contributed by atoms with van der Waals surface area (Å²) in [5.74, 6) is 0.610. The lowest BCUT2D eigenvalue weighted by Crippen LogP contribution is -2.52. The van der Waals surface area contributed by atoms with Gasteiger partial charge in [-0.1, -0.05) is 18.2 Å². The summed E-state index contributed by atoms with van der Waals surface area (Å²) in [6.07, 6.45) is 3.53. The number of nitrogens with one attached hydrogen (secondary N) is 1. The number of amides is 2. The third kappa shape index (κ3) is 4.15. The van der Waals surface area contributed by atoms with Crippen LogP contribution in [0.15, 0.2) is 60.3 Å². The number of para-hydroxylation sites is 1. The number of hydrogen-bond acceptors (Lipinski definition) is 5. The summed E-state index contributed by atoms with van der Waals surface area (Å²) in [6, 6.07) is 15.2. The van der Waals surface area contributed by atoms with Gasteiger partial charge in [-0.25, -0.2) is 0 Å². The first-order valence-corrected chi connectivity index (χ1v) is 10.1. The van der Waals surface area contributed by atoms with E-state index in [1.165, 1.54) is 11.9 Å². The lowest BCUT2D eigenvalue weighted by Gasteiger charge is -2.24. The molecule has 0 spiro atoms. The van der Waals surface area contributed by atoms with Gasteiger partial charge in [0.1, 0.15) is 23.7 Å². The third-order valence-corrected chi connectivity index (χ3v) is 5.46. The minimum Gasteiger partial charge on any atom is -0.497 e. The Labute approximate surface area is 184 Å². The molecule has 0 atom stereocenters. The Kier molecular flexibility index (Phi) is 5.73. The number of carbonyl (C=O) groups excluding carboxylic acids is 2. The molecule has 0 radical (unpaired) electrons. The minimum atomic E-state index is -0.493. The average Bonchev–Trinajstić information content (AvgIpc) is 3.13. The van der Waals surface area contributed by atoms with Crippen LogP contribution in [-0.4, -0.2) is 47.2 Å². The first kappa shape index (κ1) is 20.6. The van der Waals surface area contributed by atoms with Crippen molar-refractivity contribution in [2.45, 2.75) is 6.54 Å². The molecule has 1 N–H and O–H groups in total. The van der Waals surface area contributed by atoms with Gasteiger partial charge in [-0.05, 0) is 48.6 Å². The highest BCUT2D eigenvalue weighted by atomic mass is 32.1. The minimum absolute atomic E-state index is 0.0495. The van der Waals surface area contributed by atoms with Gasteiger partial charge in [-0.2, -0.15) is 0 Å². The zero-order chi connectivity index (χ0) is 22.0. The molecule has 1 aromatic heterocycles. The molecule has 158 valence electrons. The van der Waals surface area contributed by atoms with Gasteiger partial charge in [0.2, 0.25) is 0 Å². The van der Waals surface area contributed by atoms with Crippen LogP contribution in [0.25, 0.3) is 17.0 Å². The van der Waals surface area contributed by atoms with Gasteiger partial charge in [0.15, 0.2) is 5.11 Å². The Bertz CT molecular complexity index is 1200. The molecule has 31 heavy (non-hydrogen) atoms. The molecule has 1 saturated heterocycles. The summed E-state index contributed by atoms with van der Waals surface area (Å²) in [6.45, 7) is 1.05. The topological polar surface area (TPSA) is 72.8 Å². The molecule has 0 bridgehead atoms. The fourth-order valence-corrected chi connectivity index (χ4v) is 3.59. The van der Waals surface area contributed by atoms with Crippen molar-refractivity contribution in [1.29, 1.82) is 0 Å². The number of methoxy groups -OCH3 is 1. The molecule has 2 heterocycles. The van der Waals surface area contributed by atoms with Gasteiger partial charge in [-0.3, -0.25) is 19.8 Å². The summed E-state index contributed by atoms with van der Waals surface area (Å²) >= 11 is 5.00. The fourth-order valence-electron chi connectivity index (χ4n) is 3.41. The number of rotatable bonds is 6. The van der Waals surface area contributed by atoms with Crippen LogP contribution < -0.4 is 14.8 Å². The van der Waals surface area contributed by atoms with E-state index in [0.717, 1.165) is 28.0 Å².